The highest BCUT2D eigenvalue weighted by Crippen LogP contribution is 2.48. The van der Waals surface area contributed by atoms with Gasteiger partial charge in [-0.15, -0.1) is 0 Å². The minimum atomic E-state index is -0.0339. The number of allylic oxidation sites excluding steroid dienone is 1. The van der Waals surface area contributed by atoms with Crippen molar-refractivity contribution in [1.82, 2.24) is 9.97 Å². The fourth-order valence-electron chi connectivity index (χ4n) is 7.81. The SMILES string of the molecule is C1=CC(N(c2ccccc2)c2ccc3ccccc3n2)C2=CCc3ccc(N(c4ccccc4)c4ccc5ccccc5n4)c4ccc1c2c34. The molecule has 2 aromatic heterocycles. The van der Waals surface area contributed by atoms with Gasteiger partial charge in [-0.1, -0.05) is 109 Å². The van der Waals surface area contributed by atoms with Gasteiger partial charge in [0.2, 0.25) is 0 Å². The summed E-state index contributed by atoms with van der Waals surface area (Å²) in [7, 11) is 0. The van der Waals surface area contributed by atoms with E-state index in [9.17, 15) is 0 Å². The highest BCUT2D eigenvalue weighted by atomic mass is 15.2. The van der Waals surface area contributed by atoms with E-state index in [0.29, 0.717) is 0 Å². The average Bonchev–Trinajstić information content (AvgIpc) is 3.19. The molecule has 0 saturated carbocycles. The van der Waals surface area contributed by atoms with Crippen molar-refractivity contribution in [3.63, 3.8) is 0 Å². The lowest BCUT2D eigenvalue weighted by atomic mass is 9.78. The molecule has 2 heterocycles. The lowest BCUT2D eigenvalue weighted by Gasteiger charge is -2.37. The van der Waals surface area contributed by atoms with Gasteiger partial charge in [-0.3, -0.25) is 4.90 Å². The van der Waals surface area contributed by atoms with Crippen molar-refractivity contribution in [2.24, 2.45) is 0 Å². The zero-order valence-corrected chi connectivity index (χ0v) is 27.3. The molecule has 10 rings (SSSR count). The Labute approximate surface area is 290 Å². The smallest absolute Gasteiger partial charge is 0.138 e. The number of nitrogens with zero attached hydrogens (tertiary/aromatic N) is 4. The Kier molecular flexibility index (Phi) is 6.59. The van der Waals surface area contributed by atoms with Gasteiger partial charge in [0.25, 0.3) is 0 Å². The van der Waals surface area contributed by atoms with Crippen LogP contribution in [-0.2, 0) is 6.42 Å². The topological polar surface area (TPSA) is 32.3 Å². The maximum absolute atomic E-state index is 5.21. The van der Waals surface area contributed by atoms with Crippen LogP contribution < -0.4 is 9.80 Å². The van der Waals surface area contributed by atoms with Crippen LogP contribution in [0.4, 0.5) is 28.7 Å². The van der Waals surface area contributed by atoms with Crippen molar-refractivity contribution in [3.05, 3.63) is 187 Å². The number of para-hydroxylation sites is 4. The normalized spacial score (nSPS) is 14.6. The zero-order valence-electron chi connectivity index (χ0n) is 27.3. The van der Waals surface area contributed by atoms with E-state index >= 15 is 0 Å². The highest BCUT2D eigenvalue weighted by molar-refractivity contribution is 6.10. The van der Waals surface area contributed by atoms with Crippen molar-refractivity contribution >= 4 is 72.9 Å². The first-order valence-corrected chi connectivity index (χ1v) is 17.2. The molecule has 0 amide bonds. The summed E-state index contributed by atoms with van der Waals surface area (Å²) in [5, 5.41) is 4.80. The molecular weight excluding hydrogens is 609 g/mol. The lowest BCUT2D eigenvalue weighted by molar-refractivity contribution is 0.931. The predicted octanol–water partition coefficient (Wildman–Crippen LogP) is 11.6. The molecule has 0 radical (unpaired) electrons. The molecule has 0 bridgehead atoms. The van der Waals surface area contributed by atoms with E-state index in [1.807, 2.05) is 0 Å². The molecule has 2 aliphatic rings. The van der Waals surface area contributed by atoms with Crippen molar-refractivity contribution in [2.45, 2.75) is 12.5 Å². The summed E-state index contributed by atoms with van der Waals surface area (Å²) >= 11 is 0. The van der Waals surface area contributed by atoms with E-state index in [1.165, 1.54) is 33.0 Å². The summed E-state index contributed by atoms with van der Waals surface area (Å²) < 4.78 is 0. The van der Waals surface area contributed by atoms with E-state index < -0.39 is 0 Å². The first-order chi connectivity index (χ1) is 24.8. The molecular formula is C46H32N4. The van der Waals surface area contributed by atoms with Gasteiger partial charge in [0.1, 0.15) is 11.6 Å². The van der Waals surface area contributed by atoms with Crippen LogP contribution in [0.3, 0.4) is 0 Å². The number of pyridine rings is 2. The van der Waals surface area contributed by atoms with Crippen LogP contribution in [0.15, 0.2) is 170 Å². The van der Waals surface area contributed by atoms with Crippen LogP contribution in [0.1, 0.15) is 16.7 Å². The van der Waals surface area contributed by atoms with E-state index in [-0.39, 0.29) is 6.04 Å². The monoisotopic (exact) mass is 640 g/mol. The second kappa shape index (κ2) is 11.6. The molecule has 50 heavy (non-hydrogen) atoms. The molecule has 0 N–H and O–H groups in total. The predicted molar refractivity (Wildman–Crippen MR) is 209 cm³/mol. The largest absolute Gasteiger partial charge is 0.315 e. The quantitative estimate of drug-likeness (QED) is 0.181. The van der Waals surface area contributed by atoms with Crippen molar-refractivity contribution in [1.29, 1.82) is 0 Å². The van der Waals surface area contributed by atoms with E-state index in [1.54, 1.807) is 0 Å². The Balaban J connectivity index is 1.16. The Morgan fingerprint density at radius 1 is 0.540 bits per heavy atom. The van der Waals surface area contributed by atoms with Gasteiger partial charge >= 0.3 is 0 Å². The maximum atomic E-state index is 5.21. The minimum Gasteiger partial charge on any atom is -0.315 e. The van der Waals surface area contributed by atoms with Gasteiger partial charge in [-0.2, -0.15) is 0 Å². The third kappa shape index (κ3) is 4.61. The van der Waals surface area contributed by atoms with Crippen LogP contribution in [-0.4, -0.2) is 16.0 Å². The first-order valence-electron chi connectivity index (χ1n) is 17.2. The van der Waals surface area contributed by atoms with Crippen molar-refractivity contribution in [2.75, 3.05) is 9.80 Å². The van der Waals surface area contributed by atoms with E-state index in [0.717, 1.165) is 56.9 Å². The molecule has 236 valence electrons. The van der Waals surface area contributed by atoms with Gasteiger partial charge in [-0.25, -0.2) is 9.97 Å². The second-order valence-corrected chi connectivity index (χ2v) is 13.0. The molecule has 6 aromatic carbocycles. The molecule has 1 atom stereocenters. The highest BCUT2D eigenvalue weighted by Gasteiger charge is 2.32. The first kappa shape index (κ1) is 28.5. The van der Waals surface area contributed by atoms with Gasteiger partial charge in [0.15, 0.2) is 0 Å². The molecule has 4 heteroatoms. The molecule has 8 aromatic rings. The third-order valence-electron chi connectivity index (χ3n) is 10.1. The standard InChI is InChI=1S/C46H32N4/c1-3-13-35(14-4-1)49(43-29-23-31-11-7-9-17-39(31)47-43)41-27-21-33-20-26-38-42(28-22-34-19-25-37(41)45(33)46(34)38)50(36-15-5-2-6-16-36)44-30-24-32-12-8-10-18-40(32)48-44/h1-19,21-30,42H,20H2. The third-order valence-corrected chi connectivity index (χ3v) is 10.1. The number of anilines is 5. The fourth-order valence-corrected chi connectivity index (χ4v) is 7.81. The Hall–Kier alpha value is -6.52. The van der Waals surface area contributed by atoms with Gasteiger partial charge in [0.05, 0.1) is 22.8 Å². The number of benzene rings is 6. The minimum absolute atomic E-state index is 0.0339. The van der Waals surface area contributed by atoms with Crippen molar-refractivity contribution in [3.8, 4) is 0 Å². The van der Waals surface area contributed by atoms with Crippen LogP contribution in [0.5, 0.6) is 0 Å². The molecule has 2 aliphatic carbocycles. The van der Waals surface area contributed by atoms with Gasteiger partial charge in [0, 0.05) is 27.5 Å². The molecule has 0 fully saturated rings. The van der Waals surface area contributed by atoms with Crippen LogP contribution in [0.25, 0.3) is 44.2 Å². The zero-order chi connectivity index (χ0) is 33.0. The number of fused-ring (bicyclic) bond motifs is 2. The second-order valence-electron chi connectivity index (χ2n) is 13.0. The average molecular weight is 641 g/mol. The summed E-state index contributed by atoms with van der Waals surface area (Å²) in [5.41, 5.74) is 10.5. The lowest BCUT2D eigenvalue weighted by Crippen LogP contribution is -2.33. The number of rotatable bonds is 6. The molecule has 0 saturated heterocycles. The Morgan fingerprint density at radius 2 is 1.18 bits per heavy atom. The molecule has 1 unspecified atom stereocenters. The van der Waals surface area contributed by atoms with Gasteiger partial charge < -0.3 is 4.90 Å². The van der Waals surface area contributed by atoms with E-state index in [2.05, 4.69) is 186 Å². The Morgan fingerprint density at radius 3 is 1.92 bits per heavy atom. The number of hydrogen-bond acceptors (Lipinski definition) is 4. The van der Waals surface area contributed by atoms with E-state index in [4.69, 9.17) is 9.97 Å². The molecule has 0 spiro atoms. The number of aromatic nitrogens is 2. The summed E-state index contributed by atoms with van der Waals surface area (Å²) in [6.07, 6.45) is 7.94. The summed E-state index contributed by atoms with van der Waals surface area (Å²) in [4.78, 5) is 15.1. The molecule has 4 nitrogen and oxygen atoms in total. The van der Waals surface area contributed by atoms with Crippen LogP contribution in [0, 0.1) is 0 Å². The van der Waals surface area contributed by atoms with Gasteiger partial charge in [-0.05, 0) is 101 Å². The van der Waals surface area contributed by atoms with Crippen LogP contribution in [0.2, 0.25) is 0 Å². The van der Waals surface area contributed by atoms with Crippen LogP contribution >= 0.6 is 0 Å². The summed E-state index contributed by atoms with van der Waals surface area (Å²) in [6, 6.07) is 55.7. The molecule has 0 aliphatic heterocycles. The maximum Gasteiger partial charge on any atom is 0.138 e. The fraction of sp³-hybridized carbons (Fsp3) is 0.0435. The Bertz CT molecular complexity index is 2640. The number of hydrogen-bond donors (Lipinski definition) is 0. The van der Waals surface area contributed by atoms with Crippen molar-refractivity contribution < 1.29 is 0 Å². The summed E-state index contributed by atoms with van der Waals surface area (Å²) in [6.45, 7) is 0. The summed E-state index contributed by atoms with van der Waals surface area (Å²) in [5.74, 6) is 1.82.